The van der Waals surface area contributed by atoms with Crippen LogP contribution in [0.4, 0.5) is 5.69 Å². The summed E-state index contributed by atoms with van der Waals surface area (Å²) in [6.07, 6.45) is 1.69. The molecule has 19 heavy (non-hydrogen) atoms. The Balaban J connectivity index is 0.00000180. The summed E-state index contributed by atoms with van der Waals surface area (Å²) in [6, 6.07) is 5.88. The predicted octanol–water partition coefficient (Wildman–Crippen LogP) is 2.68. The molecule has 106 valence electrons. The van der Waals surface area contributed by atoms with Gasteiger partial charge in [-0.2, -0.15) is 0 Å². The summed E-state index contributed by atoms with van der Waals surface area (Å²) >= 11 is 0. The van der Waals surface area contributed by atoms with Crippen molar-refractivity contribution in [3.8, 4) is 0 Å². The third kappa shape index (κ3) is 3.48. The number of amides is 1. The van der Waals surface area contributed by atoms with Crippen molar-refractivity contribution in [2.75, 3.05) is 11.4 Å². The van der Waals surface area contributed by atoms with Gasteiger partial charge in [-0.15, -0.1) is 12.4 Å². The fourth-order valence-electron chi connectivity index (χ4n) is 2.57. The lowest BCUT2D eigenvalue weighted by Gasteiger charge is -2.22. The number of carbonyl (C=O) groups is 1. The van der Waals surface area contributed by atoms with Crippen LogP contribution in [0.15, 0.2) is 18.2 Å². The molecule has 0 aliphatic carbocycles. The number of nitrogens with zero attached hydrogens (tertiary/aromatic N) is 1. The number of fused-ring (bicyclic) bond motifs is 1. The van der Waals surface area contributed by atoms with Crippen molar-refractivity contribution in [2.24, 2.45) is 11.7 Å². The molecule has 1 heterocycles. The van der Waals surface area contributed by atoms with Gasteiger partial charge < -0.3 is 10.6 Å². The molecule has 1 amide bonds. The van der Waals surface area contributed by atoms with E-state index in [4.69, 9.17) is 5.73 Å². The van der Waals surface area contributed by atoms with Gasteiger partial charge in [-0.1, -0.05) is 31.5 Å². The van der Waals surface area contributed by atoms with E-state index in [2.05, 4.69) is 32.9 Å². The predicted molar refractivity (Wildman–Crippen MR) is 81.9 cm³/mol. The van der Waals surface area contributed by atoms with Gasteiger partial charge in [0.2, 0.25) is 5.91 Å². The van der Waals surface area contributed by atoms with E-state index in [1.807, 2.05) is 11.0 Å². The molecule has 0 saturated heterocycles. The Kier molecular flexibility index (Phi) is 5.39. The Morgan fingerprint density at radius 3 is 2.74 bits per heavy atom. The molecule has 2 N–H and O–H groups in total. The Labute approximate surface area is 121 Å². The number of hydrogen-bond acceptors (Lipinski definition) is 2. The average Bonchev–Trinajstić information content (AvgIpc) is 2.69. The quantitative estimate of drug-likeness (QED) is 0.926. The Morgan fingerprint density at radius 1 is 1.42 bits per heavy atom. The van der Waals surface area contributed by atoms with Crippen LogP contribution in [-0.4, -0.2) is 18.5 Å². The second-order valence-electron chi connectivity index (χ2n) is 5.61. The van der Waals surface area contributed by atoms with Crippen molar-refractivity contribution in [1.82, 2.24) is 0 Å². The second kappa shape index (κ2) is 6.40. The number of carbonyl (C=O) groups excluding carboxylic acids is 1. The number of halogens is 1. The van der Waals surface area contributed by atoms with Crippen molar-refractivity contribution >= 4 is 24.0 Å². The van der Waals surface area contributed by atoms with Gasteiger partial charge in [-0.3, -0.25) is 4.79 Å². The number of nitrogens with two attached hydrogens (primary N) is 1. The van der Waals surface area contributed by atoms with Crippen LogP contribution in [0.5, 0.6) is 0 Å². The number of rotatable bonds is 3. The molecule has 4 heteroatoms. The van der Waals surface area contributed by atoms with Gasteiger partial charge in [0, 0.05) is 12.2 Å². The van der Waals surface area contributed by atoms with Crippen LogP contribution < -0.4 is 10.6 Å². The highest BCUT2D eigenvalue weighted by Crippen LogP contribution is 2.29. The maximum absolute atomic E-state index is 12.3. The van der Waals surface area contributed by atoms with Crippen LogP contribution in [0, 0.1) is 12.8 Å². The first-order chi connectivity index (χ1) is 8.49. The van der Waals surface area contributed by atoms with Crippen molar-refractivity contribution in [3.05, 3.63) is 29.3 Å². The summed E-state index contributed by atoms with van der Waals surface area (Å²) < 4.78 is 0. The monoisotopic (exact) mass is 282 g/mol. The zero-order chi connectivity index (χ0) is 13.3. The highest BCUT2D eigenvalue weighted by atomic mass is 35.5. The van der Waals surface area contributed by atoms with E-state index in [1.165, 1.54) is 11.1 Å². The lowest BCUT2D eigenvalue weighted by atomic mass is 10.0. The maximum atomic E-state index is 12.3. The van der Waals surface area contributed by atoms with E-state index < -0.39 is 0 Å². The van der Waals surface area contributed by atoms with Crippen LogP contribution in [-0.2, 0) is 11.2 Å². The Hall–Kier alpha value is -1.06. The molecule has 3 nitrogen and oxygen atoms in total. The maximum Gasteiger partial charge on any atom is 0.243 e. The van der Waals surface area contributed by atoms with Crippen LogP contribution in [0.25, 0.3) is 0 Å². The molecule has 1 atom stereocenters. The van der Waals surface area contributed by atoms with Gasteiger partial charge in [-0.05, 0) is 37.3 Å². The van der Waals surface area contributed by atoms with Gasteiger partial charge in [0.15, 0.2) is 0 Å². The summed E-state index contributed by atoms with van der Waals surface area (Å²) in [7, 11) is 0. The third-order valence-corrected chi connectivity index (χ3v) is 3.44. The number of aryl methyl sites for hydroxylation is 1. The standard InChI is InChI=1S/C15H22N2O.ClH/c1-10(2)8-13(16)15(18)17-7-6-12-9-11(3)4-5-14(12)17;/h4-5,9-10,13H,6-8,16H2,1-3H3;1H/t13-;/m0./s1. The molecular weight excluding hydrogens is 260 g/mol. The molecule has 0 radical (unpaired) electrons. The highest BCUT2D eigenvalue weighted by Gasteiger charge is 2.28. The highest BCUT2D eigenvalue weighted by molar-refractivity contribution is 5.98. The Morgan fingerprint density at radius 2 is 2.11 bits per heavy atom. The minimum absolute atomic E-state index is 0. The summed E-state index contributed by atoms with van der Waals surface area (Å²) in [4.78, 5) is 14.2. The molecule has 1 aliphatic rings. The van der Waals surface area contributed by atoms with Crippen LogP contribution in [0.2, 0.25) is 0 Å². The van der Waals surface area contributed by atoms with E-state index in [0.717, 1.165) is 25.1 Å². The molecule has 0 spiro atoms. The van der Waals surface area contributed by atoms with E-state index in [9.17, 15) is 4.79 Å². The molecule has 0 saturated carbocycles. The zero-order valence-corrected chi connectivity index (χ0v) is 12.7. The van der Waals surface area contributed by atoms with Gasteiger partial charge in [0.05, 0.1) is 6.04 Å². The van der Waals surface area contributed by atoms with Gasteiger partial charge in [0.1, 0.15) is 0 Å². The molecule has 1 aliphatic heterocycles. The van der Waals surface area contributed by atoms with Gasteiger partial charge in [-0.25, -0.2) is 0 Å². The fraction of sp³-hybridized carbons (Fsp3) is 0.533. The fourth-order valence-corrected chi connectivity index (χ4v) is 2.57. The summed E-state index contributed by atoms with van der Waals surface area (Å²) in [5.74, 6) is 0.510. The smallest absolute Gasteiger partial charge is 0.243 e. The molecule has 0 fully saturated rings. The van der Waals surface area contributed by atoms with Crippen LogP contribution in [0.1, 0.15) is 31.4 Å². The first-order valence-corrected chi connectivity index (χ1v) is 6.65. The van der Waals surface area contributed by atoms with E-state index in [-0.39, 0.29) is 24.4 Å². The van der Waals surface area contributed by atoms with Crippen molar-refractivity contribution in [1.29, 1.82) is 0 Å². The lowest BCUT2D eigenvalue weighted by Crippen LogP contribution is -2.43. The van der Waals surface area contributed by atoms with Crippen molar-refractivity contribution in [2.45, 2.75) is 39.7 Å². The lowest BCUT2D eigenvalue weighted by molar-refractivity contribution is -0.120. The first-order valence-electron chi connectivity index (χ1n) is 6.65. The van der Waals surface area contributed by atoms with Gasteiger partial charge >= 0.3 is 0 Å². The van der Waals surface area contributed by atoms with Crippen molar-refractivity contribution < 1.29 is 4.79 Å². The number of anilines is 1. The van der Waals surface area contributed by atoms with E-state index in [1.54, 1.807) is 0 Å². The molecule has 1 aromatic carbocycles. The third-order valence-electron chi connectivity index (χ3n) is 3.44. The second-order valence-corrected chi connectivity index (χ2v) is 5.61. The largest absolute Gasteiger partial charge is 0.320 e. The Bertz CT molecular complexity index is 459. The molecule has 1 aromatic rings. The minimum atomic E-state index is -0.378. The van der Waals surface area contributed by atoms with Gasteiger partial charge in [0.25, 0.3) is 0 Å². The molecule has 0 unspecified atom stereocenters. The normalized spacial score (nSPS) is 15.1. The molecular formula is C15H23ClN2O. The average molecular weight is 283 g/mol. The van der Waals surface area contributed by atoms with Crippen molar-refractivity contribution in [3.63, 3.8) is 0 Å². The molecule has 0 bridgehead atoms. The minimum Gasteiger partial charge on any atom is -0.320 e. The van der Waals surface area contributed by atoms with E-state index in [0.29, 0.717) is 5.92 Å². The van der Waals surface area contributed by atoms with Crippen LogP contribution in [0.3, 0.4) is 0 Å². The number of benzene rings is 1. The number of hydrogen-bond donors (Lipinski definition) is 1. The summed E-state index contributed by atoms with van der Waals surface area (Å²) in [5, 5.41) is 0. The summed E-state index contributed by atoms with van der Waals surface area (Å²) in [6.45, 7) is 7.03. The SMILES string of the molecule is Cc1ccc2c(c1)CCN2C(=O)[C@@H](N)CC(C)C.Cl. The topological polar surface area (TPSA) is 46.3 Å². The summed E-state index contributed by atoms with van der Waals surface area (Å²) in [5.41, 5.74) is 9.55. The molecule has 0 aromatic heterocycles. The molecule has 2 rings (SSSR count). The first kappa shape index (κ1) is 16.0. The van der Waals surface area contributed by atoms with E-state index >= 15 is 0 Å². The van der Waals surface area contributed by atoms with Crippen LogP contribution >= 0.6 is 12.4 Å². The zero-order valence-electron chi connectivity index (χ0n) is 11.8.